The predicted octanol–water partition coefficient (Wildman–Crippen LogP) is 3.15. The number of ether oxygens (including phenoxy) is 1. The summed E-state index contributed by atoms with van der Waals surface area (Å²) in [5, 5.41) is 0. The molecular weight excluding hydrogens is 238 g/mol. The summed E-state index contributed by atoms with van der Waals surface area (Å²) < 4.78 is 4.99. The van der Waals surface area contributed by atoms with Crippen molar-refractivity contribution in [1.29, 1.82) is 0 Å². The molecule has 1 aliphatic heterocycles. The molecule has 0 aromatic carbocycles. The van der Waals surface area contributed by atoms with Gasteiger partial charge in [-0.05, 0) is 51.1 Å². The lowest BCUT2D eigenvalue weighted by Gasteiger charge is -2.44. The number of esters is 1. The third-order valence-electron chi connectivity index (χ3n) is 4.81. The van der Waals surface area contributed by atoms with Crippen LogP contribution in [0.15, 0.2) is 12.2 Å². The highest BCUT2D eigenvalue weighted by Crippen LogP contribution is 2.44. The fourth-order valence-corrected chi connectivity index (χ4v) is 3.55. The summed E-state index contributed by atoms with van der Waals surface area (Å²) in [7, 11) is 0. The van der Waals surface area contributed by atoms with E-state index in [0.29, 0.717) is 24.1 Å². The van der Waals surface area contributed by atoms with Crippen molar-refractivity contribution in [2.24, 2.45) is 5.41 Å². The smallest absolute Gasteiger partial charge is 0.334 e. The lowest BCUT2D eigenvalue weighted by molar-refractivity contribution is -0.138. The molecule has 1 saturated carbocycles. The lowest BCUT2D eigenvalue weighted by atomic mass is 9.68. The topological polar surface area (TPSA) is 29.5 Å². The van der Waals surface area contributed by atoms with E-state index < -0.39 is 0 Å². The molecule has 2 aliphatic rings. The van der Waals surface area contributed by atoms with E-state index >= 15 is 0 Å². The Morgan fingerprint density at radius 3 is 2.37 bits per heavy atom. The van der Waals surface area contributed by atoms with Crippen LogP contribution in [0.3, 0.4) is 0 Å². The zero-order valence-corrected chi connectivity index (χ0v) is 12.2. The summed E-state index contributed by atoms with van der Waals surface area (Å²) in [6, 6.07) is 0. The first-order chi connectivity index (χ1) is 9.15. The first-order valence-corrected chi connectivity index (χ1v) is 7.72. The summed E-state index contributed by atoms with van der Waals surface area (Å²) in [4.78, 5) is 13.9. The van der Waals surface area contributed by atoms with E-state index in [0.717, 1.165) is 13.1 Å². The van der Waals surface area contributed by atoms with E-state index in [1.165, 1.54) is 44.9 Å². The lowest BCUT2D eigenvalue weighted by Crippen LogP contribution is -2.42. The highest BCUT2D eigenvalue weighted by Gasteiger charge is 2.35. The summed E-state index contributed by atoms with van der Waals surface area (Å²) in [6.07, 6.45) is 9.67. The molecule has 0 unspecified atom stereocenters. The highest BCUT2D eigenvalue weighted by atomic mass is 16.5. The number of rotatable bonds is 4. The number of hydrogen-bond donors (Lipinski definition) is 0. The molecule has 0 amide bonds. The fraction of sp³-hybridized carbons (Fsp3) is 0.812. The van der Waals surface area contributed by atoms with Gasteiger partial charge in [-0.15, -0.1) is 0 Å². The van der Waals surface area contributed by atoms with E-state index in [1.54, 1.807) is 0 Å². The zero-order valence-electron chi connectivity index (χ0n) is 12.2. The van der Waals surface area contributed by atoms with Gasteiger partial charge in [-0.25, -0.2) is 4.79 Å². The van der Waals surface area contributed by atoms with E-state index in [9.17, 15) is 4.79 Å². The molecule has 3 heteroatoms. The molecule has 0 aromatic rings. The second-order valence-corrected chi connectivity index (χ2v) is 6.16. The summed E-state index contributed by atoms with van der Waals surface area (Å²) in [5.74, 6) is -0.236. The van der Waals surface area contributed by atoms with Crippen LogP contribution in [0.5, 0.6) is 0 Å². The van der Waals surface area contributed by atoms with Crippen molar-refractivity contribution in [1.82, 2.24) is 4.90 Å². The first-order valence-electron chi connectivity index (χ1n) is 7.72. The van der Waals surface area contributed by atoms with Crippen molar-refractivity contribution >= 4 is 5.97 Å². The Labute approximate surface area is 117 Å². The van der Waals surface area contributed by atoms with Crippen LogP contribution >= 0.6 is 0 Å². The van der Waals surface area contributed by atoms with E-state index in [2.05, 4.69) is 11.5 Å². The van der Waals surface area contributed by atoms with Gasteiger partial charge in [-0.1, -0.05) is 25.8 Å². The van der Waals surface area contributed by atoms with Crippen LogP contribution in [0.4, 0.5) is 0 Å². The summed E-state index contributed by atoms with van der Waals surface area (Å²) in [6.45, 7) is 9.01. The van der Waals surface area contributed by atoms with Gasteiger partial charge < -0.3 is 4.74 Å². The van der Waals surface area contributed by atoms with Crippen molar-refractivity contribution < 1.29 is 9.53 Å². The molecule has 1 aliphatic carbocycles. The molecule has 1 saturated heterocycles. The quantitative estimate of drug-likeness (QED) is 0.577. The van der Waals surface area contributed by atoms with Crippen LogP contribution in [-0.2, 0) is 9.53 Å². The van der Waals surface area contributed by atoms with Gasteiger partial charge in [-0.2, -0.15) is 0 Å². The van der Waals surface area contributed by atoms with Gasteiger partial charge in [0.1, 0.15) is 0 Å². The van der Waals surface area contributed by atoms with Crippen molar-refractivity contribution in [3.05, 3.63) is 12.2 Å². The Morgan fingerprint density at radius 2 is 1.79 bits per heavy atom. The maximum Gasteiger partial charge on any atom is 0.334 e. The van der Waals surface area contributed by atoms with Crippen LogP contribution in [-0.4, -0.2) is 37.1 Å². The van der Waals surface area contributed by atoms with Crippen LogP contribution < -0.4 is 0 Å². The molecule has 0 bridgehead atoms. The Kier molecular flexibility index (Phi) is 5.03. The van der Waals surface area contributed by atoms with Crippen molar-refractivity contribution in [3.63, 3.8) is 0 Å². The van der Waals surface area contributed by atoms with Crippen LogP contribution in [0, 0.1) is 5.41 Å². The Hall–Kier alpha value is -0.830. The molecule has 0 radical (unpaired) electrons. The number of carbonyl (C=O) groups excluding carboxylic acids is 1. The third-order valence-corrected chi connectivity index (χ3v) is 4.81. The summed E-state index contributed by atoms with van der Waals surface area (Å²) >= 11 is 0. The van der Waals surface area contributed by atoms with Gasteiger partial charge in [0.25, 0.3) is 0 Å². The maximum absolute atomic E-state index is 11.6. The molecule has 2 fully saturated rings. The van der Waals surface area contributed by atoms with E-state index in [1.807, 2.05) is 6.92 Å². The van der Waals surface area contributed by atoms with Crippen molar-refractivity contribution in [2.45, 2.75) is 51.9 Å². The molecular formula is C16H27NO2. The van der Waals surface area contributed by atoms with E-state index in [4.69, 9.17) is 4.74 Å². The van der Waals surface area contributed by atoms with Crippen LogP contribution in [0.1, 0.15) is 51.9 Å². The predicted molar refractivity (Wildman–Crippen MR) is 77.0 cm³/mol. The van der Waals surface area contributed by atoms with Crippen molar-refractivity contribution in [3.8, 4) is 0 Å². The second kappa shape index (κ2) is 6.56. The number of likely N-dealkylation sites (tertiary alicyclic amines) is 1. The third kappa shape index (κ3) is 3.82. The minimum Gasteiger partial charge on any atom is -0.463 e. The molecule has 108 valence electrons. The SMILES string of the molecule is C=C(CN1CCC2(CCCCC2)CC1)C(=O)OCC. The zero-order chi connectivity index (χ0) is 13.7. The van der Waals surface area contributed by atoms with Gasteiger partial charge in [0.15, 0.2) is 0 Å². The van der Waals surface area contributed by atoms with Gasteiger partial charge >= 0.3 is 5.97 Å². The number of piperidine rings is 1. The summed E-state index contributed by atoms with van der Waals surface area (Å²) in [5.41, 5.74) is 1.22. The number of hydrogen-bond acceptors (Lipinski definition) is 3. The highest BCUT2D eigenvalue weighted by molar-refractivity contribution is 5.88. The molecule has 0 atom stereocenters. The van der Waals surface area contributed by atoms with Crippen LogP contribution in [0.2, 0.25) is 0 Å². The normalized spacial score (nSPS) is 23.2. The fourth-order valence-electron chi connectivity index (χ4n) is 3.55. The Balaban J connectivity index is 1.77. The van der Waals surface area contributed by atoms with Crippen LogP contribution in [0.25, 0.3) is 0 Å². The minimum atomic E-state index is -0.236. The molecule has 0 aromatic heterocycles. The van der Waals surface area contributed by atoms with Crippen molar-refractivity contribution in [2.75, 3.05) is 26.2 Å². The average Bonchev–Trinajstić information content (AvgIpc) is 2.43. The molecule has 3 nitrogen and oxygen atoms in total. The van der Waals surface area contributed by atoms with Gasteiger partial charge in [0.2, 0.25) is 0 Å². The standard InChI is InChI=1S/C16H27NO2/c1-3-19-15(18)14(2)13-17-11-9-16(10-12-17)7-5-4-6-8-16/h2-13H2,1H3. The second-order valence-electron chi connectivity index (χ2n) is 6.16. The molecule has 0 N–H and O–H groups in total. The monoisotopic (exact) mass is 265 g/mol. The molecule has 1 spiro atoms. The Morgan fingerprint density at radius 1 is 1.16 bits per heavy atom. The molecule has 2 rings (SSSR count). The van der Waals surface area contributed by atoms with E-state index in [-0.39, 0.29) is 5.97 Å². The first kappa shape index (κ1) is 14.6. The van der Waals surface area contributed by atoms with Gasteiger partial charge in [-0.3, -0.25) is 4.90 Å². The number of carbonyl (C=O) groups is 1. The molecule has 1 heterocycles. The van der Waals surface area contributed by atoms with Gasteiger partial charge in [0.05, 0.1) is 6.61 Å². The maximum atomic E-state index is 11.6. The van der Waals surface area contributed by atoms with Gasteiger partial charge in [0, 0.05) is 12.1 Å². The number of nitrogens with zero attached hydrogens (tertiary/aromatic N) is 1. The Bertz CT molecular complexity index is 322. The molecule has 19 heavy (non-hydrogen) atoms. The largest absolute Gasteiger partial charge is 0.463 e. The average molecular weight is 265 g/mol. The minimum absolute atomic E-state index is 0.236.